The molecule has 0 aromatic carbocycles. The molecule has 0 aromatic rings. The van der Waals surface area contributed by atoms with Gasteiger partial charge in [-0.05, 0) is 31.6 Å². The quantitative estimate of drug-likeness (QED) is 0.769. The minimum Gasteiger partial charge on any atom is -0.388 e. The van der Waals surface area contributed by atoms with Crippen LogP contribution >= 0.6 is 0 Å². The molecule has 0 aromatic heterocycles. The predicted octanol–water partition coefficient (Wildman–Crippen LogP) is 3.16. The summed E-state index contributed by atoms with van der Waals surface area (Å²) < 4.78 is 0. The van der Waals surface area contributed by atoms with Gasteiger partial charge in [-0.25, -0.2) is 0 Å². The third-order valence-corrected chi connectivity index (χ3v) is 4.85. The van der Waals surface area contributed by atoms with E-state index in [0.29, 0.717) is 18.9 Å². The standard InChI is InChI=1S/C16H29NO2/c18-15(12-14-8-4-3-5-9-14)17-13-16(19)10-6-1-2-7-11-16/h14,19H,1-13H2,(H,17,18). The second-order valence-electron chi connectivity index (χ2n) is 6.62. The smallest absolute Gasteiger partial charge is 0.220 e. The van der Waals surface area contributed by atoms with Crippen LogP contribution in [0.1, 0.15) is 77.0 Å². The van der Waals surface area contributed by atoms with Gasteiger partial charge >= 0.3 is 0 Å². The Kier molecular flexibility index (Phi) is 5.68. The zero-order valence-corrected chi connectivity index (χ0v) is 12.1. The van der Waals surface area contributed by atoms with Gasteiger partial charge in [-0.15, -0.1) is 0 Å². The van der Waals surface area contributed by atoms with Gasteiger partial charge in [0.2, 0.25) is 5.91 Å². The number of carbonyl (C=O) groups is 1. The summed E-state index contributed by atoms with van der Waals surface area (Å²) in [4.78, 5) is 12.0. The molecule has 2 saturated carbocycles. The topological polar surface area (TPSA) is 49.3 Å². The largest absolute Gasteiger partial charge is 0.388 e. The van der Waals surface area contributed by atoms with Gasteiger partial charge in [-0.1, -0.05) is 44.9 Å². The first kappa shape index (κ1) is 14.8. The summed E-state index contributed by atoms with van der Waals surface area (Å²) in [5.41, 5.74) is -0.640. The molecule has 2 fully saturated rings. The molecule has 0 unspecified atom stereocenters. The third kappa shape index (κ3) is 5.13. The van der Waals surface area contributed by atoms with E-state index in [-0.39, 0.29) is 5.91 Å². The normalized spacial score (nSPS) is 24.7. The molecule has 0 saturated heterocycles. The summed E-state index contributed by atoms with van der Waals surface area (Å²) in [5.74, 6) is 0.724. The highest BCUT2D eigenvalue weighted by Crippen LogP contribution is 2.28. The molecule has 0 spiro atoms. The molecule has 110 valence electrons. The lowest BCUT2D eigenvalue weighted by Gasteiger charge is -2.27. The molecule has 3 heteroatoms. The van der Waals surface area contributed by atoms with Crippen molar-refractivity contribution in [2.45, 2.75) is 82.7 Å². The van der Waals surface area contributed by atoms with Crippen LogP contribution in [0.3, 0.4) is 0 Å². The van der Waals surface area contributed by atoms with Crippen molar-refractivity contribution < 1.29 is 9.90 Å². The monoisotopic (exact) mass is 267 g/mol. The summed E-state index contributed by atoms with van der Waals surface area (Å²) in [6.45, 7) is 0.457. The van der Waals surface area contributed by atoms with Crippen LogP contribution in [0.5, 0.6) is 0 Å². The van der Waals surface area contributed by atoms with Crippen LogP contribution in [-0.2, 0) is 4.79 Å². The Bertz CT molecular complexity index is 276. The molecule has 0 radical (unpaired) electrons. The SMILES string of the molecule is O=C(CC1CCCCC1)NCC1(O)CCCCCC1. The van der Waals surface area contributed by atoms with Crippen LogP contribution in [-0.4, -0.2) is 23.2 Å². The second kappa shape index (κ2) is 7.28. The van der Waals surface area contributed by atoms with Gasteiger partial charge in [-0.2, -0.15) is 0 Å². The Balaban J connectivity index is 1.69. The molecule has 1 amide bonds. The van der Waals surface area contributed by atoms with Crippen LogP contribution in [0.2, 0.25) is 0 Å². The average molecular weight is 267 g/mol. The number of hydrogen-bond acceptors (Lipinski definition) is 2. The number of amides is 1. The first-order chi connectivity index (χ1) is 9.18. The minimum atomic E-state index is -0.640. The molecule has 0 aliphatic heterocycles. The number of carbonyl (C=O) groups excluding carboxylic acids is 1. The number of aliphatic hydroxyl groups is 1. The zero-order valence-electron chi connectivity index (χ0n) is 12.1. The Labute approximate surface area is 117 Å². The van der Waals surface area contributed by atoms with E-state index in [4.69, 9.17) is 0 Å². The number of rotatable bonds is 4. The van der Waals surface area contributed by atoms with Gasteiger partial charge in [0.1, 0.15) is 0 Å². The zero-order chi connectivity index (χ0) is 13.6. The Hall–Kier alpha value is -0.570. The van der Waals surface area contributed by atoms with Crippen LogP contribution in [0.15, 0.2) is 0 Å². The van der Waals surface area contributed by atoms with E-state index in [1.165, 1.54) is 44.9 Å². The minimum absolute atomic E-state index is 0.143. The number of hydrogen-bond donors (Lipinski definition) is 2. The Morgan fingerprint density at radius 2 is 1.58 bits per heavy atom. The van der Waals surface area contributed by atoms with Gasteiger partial charge in [-0.3, -0.25) is 4.79 Å². The van der Waals surface area contributed by atoms with E-state index in [0.717, 1.165) is 25.7 Å². The molecule has 2 aliphatic carbocycles. The lowest BCUT2D eigenvalue weighted by molar-refractivity contribution is -0.123. The van der Waals surface area contributed by atoms with Gasteiger partial charge in [0.25, 0.3) is 0 Å². The second-order valence-corrected chi connectivity index (χ2v) is 6.62. The fraction of sp³-hybridized carbons (Fsp3) is 0.938. The first-order valence-electron chi connectivity index (χ1n) is 8.17. The van der Waals surface area contributed by atoms with Crippen molar-refractivity contribution in [2.75, 3.05) is 6.54 Å². The van der Waals surface area contributed by atoms with Gasteiger partial charge in [0, 0.05) is 13.0 Å². The van der Waals surface area contributed by atoms with Crippen LogP contribution in [0.4, 0.5) is 0 Å². The van der Waals surface area contributed by atoms with Gasteiger partial charge in [0.05, 0.1) is 5.60 Å². The van der Waals surface area contributed by atoms with Gasteiger partial charge < -0.3 is 10.4 Å². The molecule has 0 heterocycles. The van der Waals surface area contributed by atoms with E-state index in [9.17, 15) is 9.90 Å². The molecular weight excluding hydrogens is 238 g/mol. The van der Waals surface area contributed by atoms with E-state index in [1.807, 2.05) is 0 Å². The van der Waals surface area contributed by atoms with Crippen molar-refractivity contribution in [1.29, 1.82) is 0 Å². The first-order valence-corrected chi connectivity index (χ1v) is 8.17. The van der Waals surface area contributed by atoms with Crippen LogP contribution < -0.4 is 5.32 Å². The van der Waals surface area contributed by atoms with Crippen molar-refractivity contribution in [2.24, 2.45) is 5.92 Å². The lowest BCUT2D eigenvalue weighted by Crippen LogP contribution is -2.43. The Morgan fingerprint density at radius 1 is 1.00 bits per heavy atom. The summed E-state index contributed by atoms with van der Waals surface area (Å²) in [5, 5.41) is 13.5. The fourth-order valence-electron chi connectivity index (χ4n) is 3.55. The maximum atomic E-state index is 12.0. The summed E-state index contributed by atoms with van der Waals surface area (Å²) in [6, 6.07) is 0. The van der Waals surface area contributed by atoms with Crippen molar-refractivity contribution in [1.82, 2.24) is 5.32 Å². The number of nitrogens with one attached hydrogen (secondary N) is 1. The molecule has 19 heavy (non-hydrogen) atoms. The molecular formula is C16H29NO2. The van der Waals surface area contributed by atoms with Crippen molar-refractivity contribution >= 4 is 5.91 Å². The third-order valence-electron chi connectivity index (χ3n) is 4.85. The maximum absolute atomic E-state index is 12.0. The van der Waals surface area contributed by atoms with Crippen molar-refractivity contribution in [3.8, 4) is 0 Å². The molecule has 2 aliphatic rings. The van der Waals surface area contributed by atoms with E-state index >= 15 is 0 Å². The highest BCUT2D eigenvalue weighted by atomic mass is 16.3. The maximum Gasteiger partial charge on any atom is 0.220 e. The van der Waals surface area contributed by atoms with Crippen LogP contribution in [0.25, 0.3) is 0 Å². The summed E-state index contributed by atoms with van der Waals surface area (Å²) in [7, 11) is 0. The molecule has 0 bridgehead atoms. The van der Waals surface area contributed by atoms with Crippen molar-refractivity contribution in [3.05, 3.63) is 0 Å². The van der Waals surface area contributed by atoms with E-state index < -0.39 is 5.60 Å². The van der Waals surface area contributed by atoms with Crippen molar-refractivity contribution in [3.63, 3.8) is 0 Å². The lowest BCUT2D eigenvalue weighted by atomic mass is 9.86. The predicted molar refractivity (Wildman–Crippen MR) is 76.9 cm³/mol. The van der Waals surface area contributed by atoms with Gasteiger partial charge in [0.15, 0.2) is 0 Å². The summed E-state index contributed by atoms with van der Waals surface area (Å²) in [6.07, 6.45) is 13.3. The molecule has 3 nitrogen and oxygen atoms in total. The molecule has 0 atom stereocenters. The van der Waals surface area contributed by atoms with E-state index in [1.54, 1.807) is 0 Å². The fourth-order valence-corrected chi connectivity index (χ4v) is 3.55. The highest BCUT2D eigenvalue weighted by Gasteiger charge is 2.28. The molecule has 2 rings (SSSR count). The highest BCUT2D eigenvalue weighted by molar-refractivity contribution is 5.76. The van der Waals surface area contributed by atoms with E-state index in [2.05, 4.69) is 5.32 Å². The average Bonchev–Trinajstić information content (AvgIpc) is 2.63. The molecule has 2 N–H and O–H groups in total. The Morgan fingerprint density at radius 3 is 2.21 bits per heavy atom. The van der Waals surface area contributed by atoms with Crippen LogP contribution in [0, 0.1) is 5.92 Å². The summed E-state index contributed by atoms with van der Waals surface area (Å²) >= 11 is 0.